The van der Waals surface area contributed by atoms with Gasteiger partial charge in [-0.15, -0.1) is 0 Å². The van der Waals surface area contributed by atoms with Crippen LogP contribution in [0.4, 0.5) is 0 Å². The van der Waals surface area contributed by atoms with E-state index in [1.54, 1.807) is 13.0 Å². The summed E-state index contributed by atoms with van der Waals surface area (Å²) in [5.74, 6) is -0.00339. The van der Waals surface area contributed by atoms with Gasteiger partial charge in [0.15, 0.2) is 0 Å². The second-order valence-electron chi connectivity index (χ2n) is 9.84. The largest absolute Gasteiger partial charge is 0.508 e. The van der Waals surface area contributed by atoms with Gasteiger partial charge in [-0.2, -0.15) is 5.26 Å². The number of carbonyl (C=O) groups is 1. The van der Waals surface area contributed by atoms with Gasteiger partial charge in [-0.3, -0.25) is 4.79 Å². The molecule has 184 valence electrons. The number of aryl methyl sites for hydroxylation is 1. The van der Waals surface area contributed by atoms with E-state index in [0.29, 0.717) is 22.3 Å². The maximum absolute atomic E-state index is 13.2. The van der Waals surface area contributed by atoms with Crippen molar-refractivity contribution in [2.24, 2.45) is 0 Å². The number of hydrogen-bond donors (Lipinski definition) is 2. The van der Waals surface area contributed by atoms with Gasteiger partial charge in [0.05, 0.1) is 18.2 Å². The standard InChI is InChI=1S/C29H30N2O4Si/c1-20-27(25-17-22(32)15-16-26(25)35-20)28(33)31-21(18-30)19-34-36(29(2,3)4,23-11-7-5-8-12-23)24-13-9-6-10-14-24/h5-17,21,32H,19H2,1-4H3,(H,31,33)/t21-/m1/s1. The van der Waals surface area contributed by atoms with E-state index in [-0.39, 0.29) is 17.4 Å². The van der Waals surface area contributed by atoms with Crippen molar-refractivity contribution in [2.75, 3.05) is 6.61 Å². The van der Waals surface area contributed by atoms with Crippen LogP contribution in [-0.2, 0) is 4.43 Å². The summed E-state index contributed by atoms with van der Waals surface area (Å²) in [5.41, 5.74) is 0.791. The lowest BCUT2D eigenvalue weighted by Gasteiger charge is -2.43. The highest BCUT2D eigenvalue weighted by Crippen LogP contribution is 2.37. The summed E-state index contributed by atoms with van der Waals surface area (Å²) in [4.78, 5) is 13.2. The smallest absolute Gasteiger partial charge is 0.261 e. The number of nitrogens with one attached hydrogen (secondary N) is 1. The molecule has 0 aliphatic heterocycles. The van der Waals surface area contributed by atoms with E-state index < -0.39 is 20.3 Å². The maximum Gasteiger partial charge on any atom is 0.261 e. The van der Waals surface area contributed by atoms with Crippen molar-refractivity contribution in [1.82, 2.24) is 5.32 Å². The molecule has 4 rings (SSSR count). The molecule has 1 aromatic heterocycles. The molecule has 2 N–H and O–H groups in total. The third-order valence-corrected chi connectivity index (χ3v) is 11.4. The van der Waals surface area contributed by atoms with Crippen LogP contribution in [0.2, 0.25) is 5.04 Å². The van der Waals surface area contributed by atoms with Crippen molar-refractivity contribution in [3.63, 3.8) is 0 Å². The second kappa shape index (κ2) is 10.0. The lowest BCUT2D eigenvalue weighted by Crippen LogP contribution is -2.67. The van der Waals surface area contributed by atoms with Crippen LogP contribution in [0.3, 0.4) is 0 Å². The molecule has 3 aromatic carbocycles. The topological polar surface area (TPSA) is 95.5 Å². The average molecular weight is 499 g/mol. The molecule has 1 amide bonds. The Hall–Kier alpha value is -3.86. The Morgan fingerprint density at radius 1 is 1.06 bits per heavy atom. The van der Waals surface area contributed by atoms with Crippen molar-refractivity contribution in [3.8, 4) is 11.8 Å². The molecule has 0 saturated carbocycles. The minimum Gasteiger partial charge on any atom is -0.508 e. The highest BCUT2D eigenvalue weighted by molar-refractivity contribution is 6.99. The van der Waals surface area contributed by atoms with Crippen LogP contribution in [0.15, 0.2) is 83.3 Å². The number of nitrogens with zero attached hydrogens (tertiary/aromatic N) is 1. The fourth-order valence-corrected chi connectivity index (χ4v) is 9.37. The average Bonchev–Trinajstić information content (AvgIpc) is 3.19. The first-order valence-electron chi connectivity index (χ1n) is 11.8. The molecule has 0 saturated heterocycles. The zero-order valence-electron chi connectivity index (χ0n) is 20.9. The first-order valence-corrected chi connectivity index (χ1v) is 13.8. The van der Waals surface area contributed by atoms with Crippen LogP contribution in [0.5, 0.6) is 5.75 Å². The Kier molecular flexibility index (Phi) is 7.02. The van der Waals surface area contributed by atoms with Gasteiger partial charge in [0.25, 0.3) is 14.2 Å². The maximum atomic E-state index is 13.2. The fourth-order valence-electron chi connectivity index (χ4n) is 4.80. The number of benzene rings is 3. The number of phenols is 1. The summed E-state index contributed by atoms with van der Waals surface area (Å²) in [5, 5.41) is 25.1. The number of fused-ring (bicyclic) bond motifs is 1. The van der Waals surface area contributed by atoms with Gasteiger partial charge in [-0.05, 0) is 40.5 Å². The number of rotatable bonds is 7. The van der Waals surface area contributed by atoms with E-state index in [1.165, 1.54) is 12.1 Å². The van der Waals surface area contributed by atoms with Gasteiger partial charge < -0.3 is 19.3 Å². The number of aromatic hydroxyl groups is 1. The zero-order valence-corrected chi connectivity index (χ0v) is 21.9. The van der Waals surface area contributed by atoms with Crippen LogP contribution in [0.25, 0.3) is 11.0 Å². The summed E-state index contributed by atoms with van der Waals surface area (Å²) in [6.07, 6.45) is 0. The molecule has 1 atom stereocenters. The summed E-state index contributed by atoms with van der Waals surface area (Å²) >= 11 is 0. The Balaban J connectivity index is 1.66. The molecule has 0 aliphatic rings. The molecule has 0 fully saturated rings. The second-order valence-corrected chi connectivity index (χ2v) is 14.1. The number of carbonyl (C=O) groups excluding carboxylic acids is 1. The van der Waals surface area contributed by atoms with E-state index in [9.17, 15) is 15.2 Å². The van der Waals surface area contributed by atoms with Crippen LogP contribution < -0.4 is 15.7 Å². The summed E-state index contributed by atoms with van der Waals surface area (Å²) in [6, 6.07) is 26.2. The molecular formula is C29H30N2O4Si. The first-order chi connectivity index (χ1) is 17.2. The van der Waals surface area contributed by atoms with E-state index in [1.807, 2.05) is 36.4 Å². The lowest BCUT2D eigenvalue weighted by atomic mass is 10.1. The van der Waals surface area contributed by atoms with Gasteiger partial charge in [-0.25, -0.2) is 0 Å². The highest BCUT2D eigenvalue weighted by Gasteiger charge is 2.50. The predicted octanol–water partition coefficient (Wildman–Crippen LogP) is 4.65. The molecule has 4 aromatic rings. The monoisotopic (exact) mass is 498 g/mol. The third-order valence-electron chi connectivity index (χ3n) is 6.42. The molecule has 0 spiro atoms. The molecule has 0 aliphatic carbocycles. The van der Waals surface area contributed by atoms with E-state index in [2.05, 4.69) is 56.4 Å². The lowest BCUT2D eigenvalue weighted by molar-refractivity contribution is 0.0933. The molecule has 0 radical (unpaired) electrons. The number of nitriles is 1. The van der Waals surface area contributed by atoms with Gasteiger partial charge in [-0.1, -0.05) is 81.4 Å². The molecule has 6 nitrogen and oxygen atoms in total. The molecule has 36 heavy (non-hydrogen) atoms. The summed E-state index contributed by atoms with van der Waals surface area (Å²) < 4.78 is 12.5. The SMILES string of the molecule is Cc1oc2ccc(O)cc2c1C(=O)N[C@H](C#N)CO[Si](c1ccccc1)(c1ccccc1)C(C)(C)C. The van der Waals surface area contributed by atoms with E-state index >= 15 is 0 Å². The highest BCUT2D eigenvalue weighted by atomic mass is 28.4. The van der Waals surface area contributed by atoms with Crippen molar-refractivity contribution in [2.45, 2.75) is 38.8 Å². The number of hydrogen-bond acceptors (Lipinski definition) is 5. The minimum atomic E-state index is -2.86. The van der Waals surface area contributed by atoms with Crippen LogP contribution >= 0.6 is 0 Å². The van der Waals surface area contributed by atoms with Gasteiger partial charge in [0, 0.05) is 5.39 Å². The molecular weight excluding hydrogens is 468 g/mol. The fraction of sp³-hybridized carbons (Fsp3) is 0.241. The number of furan rings is 1. The summed E-state index contributed by atoms with van der Waals surface area (Å²) in [6.45, 7) is 8.19. The minimum absolute atomic E-state index is 0.0234. The van der Waals surface area contributed by atoms with Crippen molar-refractivity contribution in [3.05, 3.63) is 90.2 Å². The van der Waals surface area contributed by atoms with E-state index in [4.69, 9.17) is 8.84 Å². The van der Waals surface area contributed by atoms with Crippen LogP contribution in [0, 0.1) is 18.3 Å². The number of amides is 1. The molecule has 0 bridgehead atoms. The van der Waals surface area contributed by atoms with Gasteiger partial charge in [0.1, 0.15) is 23.1 Å². The molecule has 0 unspecified atom stereocenters. The predicted molar refractivity (Wildman–Crippen MR) is 143 cm³/mol. The van der Waals surface area contributed by atoms with Crippen LogP contribution in [0.1, 0.15) is 36.9 Å². The third kappa shape index (κ3) is 4.65. The van der Waals surface area contributed by atoms with Crippen molar-refractivity contribution < 1.29 is 18.7 Å². The first kappa shape index (κ1) is 25.2. The van der Waals surface area contributed by atoms with E-state index in [0.717, 1.165) is 10.4 Å². The molecule has 7 heteroatoms. The molecule has 1 heterocycles. The van der Waals surface area contributed by atoms with Gasteiger partial charge >= 0.3 is 0 Å². The van der Waals surface area contributed by atoms with Gasteiger partial charge in [0.2, 0.25) is 0 Å². The quantitative estimate of drug-likeness (QED) is 0.362. The Labute approximate surface area is 212 Å². The Bertz CT molecular complexity index is 1360. The normalized spacial score (nSPS) is 12.8. The van der Waals surface area contributed by atoms with Crippen molar-refractivity contribution in [1.29, 1.82) is 5.26 Å². The summed E-state index contributed by atoms with van der Waals surface area (Å²) in [7, 11) is -2.86. The number of phenolic OH excluding ortho intramolecular Hbond substituents is 1. The Morgan fingerprint density at radius 3 is 2.17 bits per heavy atom. The zero-order chi connectivity index (χ0) is 25.9. The Morgan fingerprint density at radius 2 is 1.64 bits per heavy atom. The van der Waals surface area contributed by atoms with Crippen LogP contribution in [-0.4, -0.2) is 32.0 Å². The van der Waals surface area contributed by atoms with Crippen molar-refractivity contribution >= 4 is 35.6 Å².